The number of nitrogens with one attached hydrogen (secondary N) is 1. The highest BCUT2D eigenvalue weighted by molar-refractivity contribution is 6.08. The van der Waals surface area contributed by atoms with E-state index >= 15 is 0 Å². The van der Waals surface area contributed by atoms with Crippen LogP contribution in [0.4, 0.5) is 0 Å². The zero-order valence-corrected chi connectivity index (χ0v) is 20.7. The molecule has 0 fully saturated rings. The minimum atomic E-state index is -0.648. The van der Waals surface area contributed by atoms with Crippen molar-refractivity contribution in [3.8, 4) is 11.1 Å². The minimum Gasteiger partial charge on any atom is -0.336 e. The third-order valence-corrected chi connectivity index (χ3v) is 6.32. The molecule has 180 valence electrons. The van der Waals surface area contributed by atoms with Crippen LogP contribution in [0, 0.1) is 0 Å². The van der Waals surface area contributed by atoms with Crippen molar-refractivity contribution in [2.24, 2.45) is 7.05 Å². The van der Waals surface area contributed by atoms with Gasteiger partial charge in [0.2, 0.25) is 0 Å². The topological polar surface area (TPSA) is 87.5 Å². The first kappa shape index (κ1) is 23.9. The number of hydrogen-bond donors (Lipinski definition) is 1. The molecule has 8 heteroatoms. The molecule has 0 saturated heterocycles. The van der Waals surface area contributed by atoms with Crippen molar-refractivity contribution >= 4 is 28.6 Å². The smallest absolute Gasteiger partial charge is 0.271 e. The van der Waals surface area contributed by atoms with Crippen molar-refractivity contribution < 1.29 is 14.4 Å². The molecule has 3 aromatic rings. The molecule has 2 heterocycles. The molecule has 0 unspecified atom stereocenters. The molecule has 0 atom stereocenters. The van der Waals surface area contributed by atoms with Gasteiger partial charge < -0.3 is 10.2 Å². The molecular formula is C27H29N5O3. The normalized spacial score (nSPS) is 13.1. The molecular weight excluding hydrogens is 442 g/mol. The van der Waals surface area contributed by atoms with E-state index in [1.165, 1.54) is 9.80 Å². The monoisotopic (exact) mass is 471 g/mol. The zero-order chi connectivity index (χ0) is 25.7. The van der Waals surface area contributed by atoms with E-state index in [4.69, 9.17) is 0 Å². The van der Waals surface area contributed by atoms with Crippen molar-refractivity contribution in [3.05, 3.63) is 78.3 Å². The van der Waals surface area contributed by atoms with Crippen LogP contribution in [-0.2, 0) is 23.2 Å². The molecule has 35 heavy (non-hydrogen) atoms. The number of fused-ring (bicyclic) bond motifs is 2. The predicted octanol–water partition coefficient (Wildman–Crippen LogP) is 3.60. The Hall–Kier alpha value is -4.20. The average Bonchev–Trinajstić information content (AvgIpc) is 3.34. The third-order valence-electron chi connectivity index (χ3n) is 6.32. The van der Waals surface area contributed by atoms with Crippen LogP contribution in [0.15, 0.2) is 67.1 Å². The average molecular weight is 472 g/mol. The van der Waals surface area contributed by atoms with Crippen LogP contribution in [0.3, 0.4) is 0 Å². The Morgan fingerprint density at radius 1 is 1.11 bits per heavy atom. The van der Waals surface area contributed by atoms with Gasteiger partial charge in [-0.3, -0.25) is 24.0 Å². The second-order valence-corrected chi connectivity index (χ2v) is 9.71. The van der Waals surface area contributed by atoms with Crippen LogP contribution in [0.1, 0.15) is 36.7 Å². The van der Waals surface area contributed by atoms with Crippen LogP contribution in [0.25, 0.3) is 22.0 Å². The molecule has 8 nitrogen and oxygen atoms in total. The van der Waals surface area contributed by atoms with Crippen molar-refractivity contribution in [1.82, 2.24) is 24.9 Å². The maximum atomic E-state index is 13.2. The molecule has 1 aliphatic rings. The maximum absolute atomic E-state index is 13.2. The predicted molar refractivity (Wildman–Crippen MR) is 135 cm³/mol. The Balaban J connectivity index is 1.55. The first-order chi connectivity index (χ1) is 16.4. The van der Waals surface area contributed by atoms with E-state index < -0.39 is 17.4 Å². The first-order valence-electron chi connectivity index (χ1n) is 11.2. The molecule has 1 aliphatic heterocycles. The quantitative estimate of drug-likeness (QED) is 0.576. The molecule has 0 radical (unpaired) electrons. The van der Waals surface area contributed by atoms with E-state index in [-0.39, 0.29) is 23.8 Å². The minimum absolute atomic E-state index is 0.0489. The molecule has 1 N–H and O–H groups in total. The lowest BCUT2D eigenvalue weighted by Crippen LogP contribution is -2.46. The highest BCUT2D eigenvalue weighted by Gasteiger charge is 2.34. The van der Waals surface area contributed by atoms with E-state index in [2.05, 4.69) is 23.6 Å². The van der Waals surface area contributed by atoms with Gasteiger partial charge in [0.1, 0.15) is 5.70 Å². The Morgan fingerprint density at radius 2 is 1.80 bits per heavy atom. The molecule has 1 aromatic heterocycles. The summed E-state index contributed by atoms with van der Waals surface area (Å²) in [7, 11) is 3.51. The van der Waals surface area contributed by atoms with Gasteiger partial charge in [-0.25, -0.2) is 0 Å². The number of rotatable bonds is 5. The van der Waals surface area contributed by atoms with Crippen molar-refractivity contribution in [3.63, 3.8) is 0 Å². The van der Waals surface area contributed by atoms with Crippen LogP contribution in [0.2, 0.25) is 0 Å². The number of carbonyl (C=O) groups is 3. The number of likely N-dealkylation sites (N-methyl/N-ethyl adjacent to an activating group) is 1. The largest absolute Gasteiger partial charge is 0.336 e. The highest BCUT2D eigenvalue weighted by Crippen LogP contribution is 2.35. The lowest BCUT2D eigenvalue weighted by atomic mass is 9.96. The molecule has 0 bridgehead atoms. The van der Waals surface area contributed by atoms with Gasteiger partial charge in [0, 0.05) is 36.8 Å². The van der Waals surface area contributed by atoms with Gasteiger partial charge in [-0.2, -0.15) is 5.10 Å². The van der Waals surface area contributed by atoms with E-state index in [9.17, 15) is 14.4 Å². The molecule has 3 amide bonds. The molecule has 4 rings (SSSR count). The Morgan fingerprint density at radius 3 is 2.49 bits per heavy atom. The van der Waals surface area contributed by atoms with Gasteiger partial charge in [0.25, 0.3) is 17.7 Å². The zero-order valence-electron chi connectivity index (χ0n) is 20.7. The lowest BCUT2D eigenvalue weighted by molar-refractivity contribution is -0.131. The fourth-order valence-corrected chi connectivity index (χ4v) is 4.03. The van der Waals surface area contributed by atoms with Gasteiger partial charge in [0.05, 0.1) is 17.8 Å². The standard InChI is InChI=1S/C27H29N5O3/c1-16(25(34)31(7)27(3,4)5)28-24(33)17(2)32-15-22-20(9-8-10-21(22)26(32)35)18-11-12-23-19(13-18)14-30(6)29-23/h8-14H,1-2,15H2,3-7H3,(H,28,33). The summed E-state index contributed by atoms with van der Waals surface area (Å²) >= 11 is 0. The van der Waals surface area contributed by atoms with Crippen LogP contribution in [-0.4, -0.2) is 49.9 Å². The number of carbonyl (C=O) groups excluding carboxylic acids is 3. The summed E-state index contributed by atoms with van der Waals surface area (Å²) in [6.45, 7) is 13.4. The van der Waals surface area contributed by atoms with Crippen molar-refractivity contribution in [2.75, 3.05) is 7.05 Å². The third kappa shape index (κ3) is 4.35. The van der Waals surface area contributed by atoms with Crippen LogP contribution in [0.5, 0.6) is 0 Å². The Labute approximate surface area is 204 Å². The van der Waals surface area contributed by atoms with Gasteiger partial charge in [-0.15, -0.1) is 0 Å². The second-order valence-electron chi connectivity index (χ2n) is 9.71. The summed E-state index contributed by atoms with van der Waals surface area (Å²) < 4.78 is 1.76. The van der Waals surface area contributed by atoms with Crippen molar-refractivity contribution in [1.29, 1.82) is 0 Å². The van der Waals surface area contributed by atoms with E-state index in [1.807, 2.05) is 64.3 Å². The molecule has 2 aromatic carbocycles. The number of hydrogen-bond acceptors (Lipinski definition) is 4. The number of benzene rings is 2. The number of aromatic nitrogens is 2. The summed E-state index contributed by atoms with van der Waals surface area (Å²) in [5.74, 6) is -1.37. The van der Waals surface area contributed by atoms with Crippen molar-refractivity contribution in [2.45, 2.75) is 32.9 Å². The van der Waals surface area contributed by atoms with Crippen LogP contribution >= 0.6 is 0 Å². The molecule has 0 spiro atoms. The van der Waals surface area contributed by atoms with E-state index in [1.54, 1.807) is 17.8 Å². The van der Waals surface area contributed by atoms with Gasteiger partial charge in [0.15, 0.2) is 0 Å². The number of aryl methyl sites for hydroxylation is 1. The fraction of sp³-hybridized carbons (Fsp3) is 0.259. The Kier molecular flexibility index (Phi) is 5.84. The molecule has 0 aliphatic carbocycles. The van der Waals surface area contributed by atoms with E-state index in [0.29, 0.717) is 5.56 Å². The van der Waals surface area contributed by atoms with Crippen LogP contribution < -0.4 is 5.32 Å². The number of nitrogens with zero attached hydrogens (tertiary/aromatic N) is 4. The summed E-state index contributed by atoms with van der Waals surface area (Å²) in [6, 6.07) is 11.5. The van der Waals surface area contributed by atoms with Gasteiger partial charge in [-0.05, 0) is 55.7 Å². The van der Waals surface area contributed by atoms with Gasteiger partial charge in [-0.1, -0.05) is 31.4 Å². The summed E-state index contributed by atoms with van der Waals surface area (Å²) in [5, 5.41) is 7.91. The Bertz CT molecular complexity index is 1410. The summed E-state index contributed by atoms with van der Waals surface area (Å²) in [6.07, 6.45) is 1.94. The number of amides is 3. The fourth-order valence-electron chi connectivity index (χ4n) is 4.03. The molecule has 0 saturated carbocycles. The first-order valence-corrected chi connectivity index (χ1v) is 11.2. The SMILES string of the molecule is C=C(NC(=O)C(=C)N1Cc2c(cccc2-c2ccc3nn(C)cc3c2)C1=O)C(=O)N(C)C(C)(C)C. The summed E-state index contributed by atoms with van der Waals surface area (Å²) in [4.78, 5) is 41.5. The lowest BCUT2D eigenvalue weighted by Gasteiger charge is -2.32. The van der Waals surface area contributed by atoms with E-state index in [0.717, 1.165) is 27.6 Å². The summed E-state index contributed by atoms with van der Waals surface area (Å²) in [5.41, 5.74) is 3.51. The highest BCUT2D eigenvalue weighted by atomic mass is 16.2. The maximum Gasteiger partial charge on any atom is 0.271 e. The van der Waals surface area contributed by atoms with Gasteiger partial charge >= 0.3 is 0 Å². The second kappa shape index (κ2) is 8.54.